The van der Waals surface area contributed by atoms with Crippen LogP contribution in [-0.2, 0) is 4.79 Å². The Morgan fingerprint density at radius 3 is 2.78 bits per heavy atom. The lowest BCUT2D eigenvalue weighted by atomic mass is 9.95. The number of amides is 1. The van der Waals surface area contributed by atoms with Crippen LogP contribution in [0, 0.1) is 13.8 Å². The van der Waals surface area contributed by atoms with Gasteiger partial charge in [0, 0.05) is 33.7 Å². The first-order valence-electron chi connectivity index (χ1n) is 9.55. The zero-order valence-electron chi connectivity index (χ0n) is 16.0. The maximum atomic E-state index is 12.0. The summed E-state index contributed by atoms with van der Waals surface area (Å²) in [6.45, 7) is 4.38. The second kappa shape index (κ2) is 9.20. The average molecular weight is 387 g/mol. The minimum absolute atomic E-state index is 0.111. The number of nitrogens with zero attached hydrogens (tertiary/aromatic N) is 2. The van der Waals surface area contributed by atoms with Crippen molar-refractivity contribution in [1.82, 2.24) is 15.3 Å². The summed E-state index contributed by atoms with van der Waals surface area (Å²) in [6, 6.07) is 10.3. The van der Waals surface area contributed by atoms with Gasteiger partial charge in [0.2, 0.25) is 0 Å². The number of halogens is 1. The molecule has 2 N–H and O–H groups in total. The molecule has 0 radical (unpaired) electrons. The third kappa shape index (κ3) is 5.21. The fraction of sp³-hybridized carbons (Fsp3) is 0.429. The molecule has 0 aliphatic heterocycles. The number of carbonyl (C=O) groups is 1. The Morgan fingerprint density at radius 1 is 1.26 bits per heavy atom. The van der Waals surface area contributed by atoms with Gasteiger partial charge >= 0.3 is 0 Å². The van der Waals surface area contributed by atoms with Gasteiger partial charge in [0.05, 0.1) is 12.8 Å². The van der Waals surface area contributed by atoms with Crippen LogP contribution in [0.25, 0.3) is 5.69 Å². The van der Waals surface area contributed by atoms with E-state index in [1.807, 2.05) is 44.2 Å². The normalized spacial score (nSPS) is 15.4. The maximum Gasteiger partial charge on any atom is 0.254 e. The minimum Gasteiger partial charge on any atom is -0.318 e. The molecule has 3 rings (SSSR count). The highest BCUT2D eigenvalue weighted by molar-refractivity contribution is 6.30. The maximum absolute atomic E-state index is 12.0. The third-order valence-corrected chi connectivity index (χ3v) is 5.32. The standard InChI is InChI=1S/C21H27ClN4O/c1-15-11-17(16(2)26(15)20-10-6-7-18(22)12-20)13-24-25-21(27)14-23-19-8-4-3-5-9-19/h6-7,10-13,19,23H,3-5,8-9,14H2,1-2H3,(H,25,27)/b24-13-. The lowest BCUT2D eigenvalue weighted by Crippen LogP contribution is -2.38. The number of hydrogen-bond donors (Lipinski definition) is 2. The van der Waals surface area contributed by atoms with Gasteiger partial charge in [0.25, 0.3) is 5.91 Å². The Kier molecular flexibility index (Phi) is 6.69. The van der Waals surface area contributed by atoms with Crippen molar-refractivity contribution in [2.45, 2.75) is 52.0 Å². The predicted octanol–water partition coefficient (Wildman–Crippen LogP) is 4.12. The van der Waals surface area contributed by atoms with E-state index in [9.17, 15) is 4.79 Å². The van der Waals surface area contributed by atoms with E-state index in [0.29, 0.717) is 17.6 Å². The van der Waals surface area contributed by atoms with E-state index >= 15 is 0 Å². The summed E-state index contributed by atoms with van der Waals surface area (Å²) in [4.78, 5) is 12.0. The van der Waals surface area contributed by atoms with E-state index in [0.717, 1.165) is 35.5 Å². The van der Waals surface area contributed by atoms with Gasteiger partial charge in [-0.25, -0.2) is 5.43 Å². The fourth-order valence-corrected chi connectivity index (χ4v) is 3.87. The van der Waals surface area contributed by atoms with Gasteiger partial charge in [0.15, 0.2) is 0 Å². The molecule has 2 aromatic rings. The van der Waals surface area contributed by atoms with Crippen molar-refractivity contribution in [3.8, 4) is 5.69 Å². The first kappa shape index (κ1) is 19.6. The molecule has 1 aromatic carbocycles. The molecule has 0 bridgehead atoms. The van der Waals surface area contributed by atoms with Gasteiger partial charge in [-0.05, 0) is 51.0 Å². The molecule has 1 saturated carbocycles. The molecule has 144 valence electrons. The highest BCUT2D eigenvalue weighted by Gasteiger charge is 2.14. The minimum atomic E-state index is -0.111. The molecule has 1 aliphatic rings. The van der Waals surface area contributed by atoms with Gasteiger partial charge in [-0.3, -0.25) is 4.79 Å². The van der Waals surface area contributed by atoms with Crippen LogP contribution in [0.5, 0.6) is 0 Å². The number of carbonyl (C=O) groups excluding carboxylic acids is 1. The highest BCUT2D eigenvalue weighted by atomic mass is 35.5. The molecule has 6 heteroatoms. The molecule has 27 heavy (non-hydrogen) atoms. The SMILES string of the molecule is Cc1cc(/C=N\NC(=O)CNC2CCCCC2)c(C)n1-c1cccc(Cl)c1. The van der Waals surface area contributed by atoms with Crippen LogP contribution in [0.2, 0.25) is 5.02 Å². The number of benzene rings is 1. The van der Waals surface area contributed by atoms with Crippen LogP contribution in [0.4, 0.5) is 0 Å². The van der Waals surface area contributed by atoms with E-state index in [1.54, 1.807) is 6.21 Å². The number of nitrogens with one attached hydrogen (secondary N) is 2. The monoisotopic (exact) mass is 386 g/mol. The summed E-state index contributed by atoms with van der Waals surface area (Å²) >= 11 is 6.12. The summed E-state index contributed by atoms with van der Waals surface area (Å²) in [6.07, 6.45) is 7.82. The highest BCUT2D eigenvalue weighted by Crippen LogP contribution is 2.22. The number of rotatable bonds is 6. The molecule has 1 aromatic heterocycles. The van der Waals surface area contributed by atoms with E-state index < -0.39 is 0 Å². The Labute approximate surface area is 165 Å². The quantitative estimate of drug-likeness (QED) is 0.579. The Bertz CT molecular complexity index is 822. The molecular weight excluding hydrogens is 360 g/mol. The Hall–Kier alpha value is -2.11. The van der Waals surface area contributed by atoms with E-state index in [1.165, 1.54) is 19.3 Å². The molecule has 1 fully saturated rings. The van der Waals surface area contributed by atoms with Crippen LogP contribution >= 0.6 is 11.6 Å². The molecule has 0 saturated heterocycles. The van der Waals surface area contributed by atoms with Crippen LogP contribution < -0.4 is 10.7 Å². The summed E-state index contributed by atoms with van der Waals surface area (Å²) in [5.74, 6) is -0.111. The number of aryl methyl sites for hydroxylation is 1. The van der Waals surface area contributed by atoms with Crippen LogP contribution in [0.15, 0.2) is 35.4 Å². The van der Waals surface area contributed by atoms with Crippen LogP contribution in [-0.4, -0.2) is 29.3 Å². The second-order valence-corrected chi connectivity index (χ2v) is 7.59. The smallest absolute Gasteiger partial charge is 0.254 e. The average Bonchev–Trinajstić information content (AvgIpc) is 2.94. The van der Waals surface area contributed by atoms with Gasteiger partial charge in [-0.1, -0.05) is 36.9 Å². The Balaban J connectivity index is 1.59. The van der Waals surface area contributed by atoms with Gasteiger partial charge in [-0.2, -0.15) is 5.10 Å². The topological polar surface area (TPSA) is 58.4 Å². The van der Waals surface area contributed by atoms with Gasteiger partial charge < -0.3 is 9.88 Å². The summed E-state index contributed by atoms with van der Waals surface area (Å²) < 4.78 is 2.12. The van der Waals surface area contributed by atoms with Crippen molar-refractivity contribution >= 4 is 23.7 Å². The zero-order valence-corrected chi connectivity index (χ0v) is 16.7. The number of aromatic nitrogens is 1. The van der Waals surface area contributed by atoms with Crippen molar-refractivity contribution in [2.24, 2.45) is 5.10 Å². The summed E-state index contributed by atoms with van der Waals surface area (Å²) in [5.41, 5.74) is 6.72. The molecule has 1 heterocycles. The zero-order chi connectivity index (χ0) is 19.2. The van der Waals surface area contributed by atoms with E-state index in [4.69, 9.17) is 11.6 Å². The summed E-state index contributed by atoms with van der Waals surface area (Å²) in [7, 11) is 0. The molecule has 1 aliphatic carbocycles. The van der Waals surface area contributed by atoms with Crippen molar-refractivity contribution in [3.05, 3.63) is 52.3 Å². The Morgan fingerprint density at radius 2 is 2.04 bits per heavy atom. The van der Waals surface area contributed by atoms with Gasteiger partial charge in [-0.15, -0.1) is 0 Å². The number of hydrogen-bond acceptors (Lipinski definition) is 3. The summed E-state index contributed by atoms with van der Waals surface area (Å²) in [5, 5.41) is 8.15. The lowest BCUT2D eigenvalue weighted by molar-refractivity contribution is -0.120. The van der Waals surface area contributed by atoms with Crippen molar-refractivity contribution in [2.75, 3.05) is 6.54 Å². The van der Waals surface area contributed by atoms with Crippen molar-refractivity contribution < 1.29 is 4.79 Å². The van der Waals surface area contributed by atoms with E-state index in [-0.39, 0.29) is 5.91 Å². The fourth-order valence-electron chi connectivity index (χ4n) is 3.69. The van der Waals surface area contributed by atoms with Gasteiger partial charge in [0.1, 0.15) is 0 Å². The van der Waals surface area contributed by atoms with Crippen molar-refractivity contribution in [1.29, 1.82) is 0 Å². The second-order valence-electron chi connectivity index (χ2n) is 7.15. The lowest BCUT2D eigenvalue weighted by Gasteiger charge is -2.22. The largest absolute Gasteiger partial charge is 0.318 e. The molecule has 5 nitrogen and oxygen atoms in total. The predicted molar refractivity (Wildman–Crippen MR) is 111 cm³/mol. The number of hydrazone groups is 1. The molecule has 0 atom stereocenters. The van der Waals surface area contributed by atoms with Crippen molar-refractivity contribution in [3.63, 3.8) is 0 Å². The molecule has 0 spiro atoms. The first-order chi connectivity index (χ1) is 13.0. The molecule has 1 amide bonds. The first-order valence-corrected chi connectivity index (χ1v) is 9.92. The van der Waals surface area contributed by atoms with Crippen LogP contribution in [0.1, 0.15) is 49.1 Å². The van der Waals surface area contributed by atoms with Crippen LogP contribution in [0.3, 0.4) is 0 Å². The molecular formula is C21H27ClN4O. The molecule has 0 unspecified atom stereocenters. The van der Waals surface area contributed by atoms with E-state index in [2.05, 4.69) is 20.4 Å². The third-order valence-electron chi connectivity index (χ3n) is 5.09.